The van der Waals surface area contributed by atoms with Crippen LogP contribution in [-0.4, -0.2) is 23.4 Å². The molecule has 0 aromatic heterocycles. The van der Waals surface area contributed by atoms with Crippen LogP contribution in [0.3, 0.4) is 0 Å². The number of hydrogen-bond acceptors (Lipinski definition) is 4. The van der Waals surface area contributed by atoms with Crippen LogP contribution >= 0.6 is 0 Å². The molecule has 0 spiro atoms. The van der Waals surface area contributed by atoms with Gasteiger partial charge in [0.15, 0.2) is 11.9 Å². The van der Waals surface area contributed by atoms with Gasteiger partial charge in [-0.25, -0.2) is 0 Å². The number of carbonyl (C=O) groups excluding carboxylic acids is 2. The van der Waals surface area contributed by atoms with Gasteiger partial charge < -0.3 is 14.8 Å². The molecule has 2 aromatic rings. The average Bonchev–Trinajstić information content (AvgIpc) is 2.61. The monoisotopic (exact) mass is 381 g/mol. The van der Waals surface area contributed by atoms with E-state index in [1.807, 2.05) is 38.1 Å². The van der Waals surface area contributed by atoms with Crippen molar-refractivity contribution in [1.82, 2.24) is 0 Å². The van der Waals surface area contributed by atoms with Crippen molar-refractivity contribution in [3.05, 3.63) is 53.6 Å². The predicted octanol–water partition coefficient (Wildman–Crippen LogP) is 4.96. The number of benzene rings is 2. The van der Waals surface area contributed by atoms with E-state index in [0.717, 1.165) is 5.56 Å². The van der Waals surface area contributed by atoms with Crippen LogP contribution in [0.1, 0.15) is 62.9 Å². The Morgan fingerprint density at radius 1 is 1.14 bits per heavy atom. The lowest BCUT2D eigenvalue weighted by molar-refractivity contribution is -0.122. The normalized spacial score (nSPS) is 16.1. The number of carbonyl (C=O) groups is 2. The molecule has 1 amide bonds. The van der Waals surface area contributed by atoms with Crippen LogP contribution in [0.15, 0.2) is 42.5 Å². The highest BCUT2D eigenvalue weighted by molar-refractivity contribution is 6.02. The molecule has 0 bridgehead atoms. The molecule has 5 nitrogen and oxygen atoms in total. The van der Waals surface area contributed by atoms with Crippen molar-refractivity contribution < 1.29 is 19.1 Å². The van der Waals surface area contributed by atoms with Crippen molar-refractivity contribution in [2.45, 2.75) is 58.7 Å². The molecule has 0 aliphatic carbocycles. The lowest BCUT2D eigenvalue weighted by atomic mass is 9.93. The van der Waals surface area contributed by atoms with Gasteiger partial charge in [0.25, 0.3) is 5.91 Å². The molecule has 1 N–H and O–H groups in total. The maximum absolute atomic E-state index is 12.6. The van der Waals surface area contributed by atoms with Crippen molar-refractivity contribution in [2.24, 2.45) is 0 Å². The second-order valence-electron chi connectivity index (χ2n) is 8.11. The van der Waals surface area contributed by atoms with Crippen molar-refractivity contribution in [3.8, 4) is 11.5 Å². The second kappa shape index (κ2) is 7.66. The number of fused-ring (bicyclic) bond motifs is 1. The minimum absolute atomic E-state index is 0.0116. The van der Waals surface area contributed by atoms with E-state index in [1.54, 1.807) is 25.1 Å². The van der Waals surface area contributed by atoms with E-state index in [9.17, 15) is 9.59 Å². The van der Waals surface area contributed by atoms with Crippen LogP contribution in [0.4, 0.5) is 5.69 Å². The zero-order valence-electron chi connectivity index (χ0n) is 17.0. The molecule has 148 valence electrons. The van der Waals surface area contributed by atoms with Gasteiger partial charge in [-0.1, -0.05) is 32.0 Å². The highest BCUT2D eigenvalue weighted by atomic mass is 16.5. The van der Waals surface area contributed by atoms with Crippen molar-refractivity contribution in [2.75, 3.05) is 5.32 Å². The minimum Gasteiger partial charge on any atom is -0.487 e. The van der Waals surface area contributed by atoms with Gasteiger partial charge in [0.1, 0.15) is 17.1 Å². The van der Waals surface area contributed by atoms with Gasteiger partial charge in [0.05, 0.1) is 12.0 Å². The summed E-state index contributed by atoms with van der Waals surface area (Å²) in [5.41, 5.74) is 1.59. The molecule has 1 unspecified atom stereocenters. The number of ether oxygens (including phenoxy) is 2. The Hall–Kier alpha value is -2.82. The third-order valence-electron chi connectivity index (χ3n) is 4.73. The lowest BCUT2D eigenvalue weighted by Gasteiger charge is -2.31. The third kappa shape index (κ3) is 4.35. The fourth-order valence-electron chi connectivity index (χ4n) is 3.28. The molecule has 0 radical (unpaired) electrons. The summed E-state index contributed by atoms with van der Waals surface area (Å²) in [5, 5.41) is 2.83. The Labute approximate surface area is 166 Å². The first kappa shape index (κ1) is 19.9. The maximum atomic E-state index is 12.6. The molecule has 1 atom stereocenters. The van der Waals surface area contributed by atoms with E-state index in [2.05, 4.69) is 19.2 Å². The van der Waals surface area contributed by atoms with Crippen molar-refractivity contribution in [3.63, 3.8) is 0 Å². The highest BCUT2D eigenvalue weighted by Gasteiger charge is 2.32. The van der Waals surface area contributed by atoms with Crippen molar-refractivity contribution in [1.29, 1.82) is 0 Å². The molecule has 1 aliphatic rings. The Kier molecular flexibility index (Phi) is 5.45. The lowest BCUT2D eigenvalue weighted by Crippen LogP contribution is -2.36. The summed E-state index contributed by atoms with van der Waals surface area (Å²) in [6, 6.07) is 12.9. The quantitative estimate of drug-likeness (QED) is 0.795. The topological polar surface area (TPSA) is 64.6 Å². The summed E-state index contributed by atoms with van der Waals surface area (Å²) in [6.07, 6.45) is -0.370. The second-order valence-corrected chi connectivity index (χ2v) is 8.11. The molecular formula is C23H27NO4. The largest absolute Gasteiger partial charge is 0.487 e. The third-order valence-corrected chi connectivity index (χ3v) is 4.73. The highest BCUT2D eigenvalue weighted by Crippen LogP contribution is 2.34. The fourth-order valence-corrected chi connectivity index (χ4v) is 3.28. The molecular weight excluding hydrogens is 354 g/mol. The SMILES string of the molecule is CC(Oc1ccccc1C(C)C)C(=O)Nc1ccc2c(c1)C(=O)CC(C)(C)O2. The molecule has 1 aliphatic heterocycles. The van der Waals surface area contributed by atoms with Crippen LogP contribution in [-0.2, 0) is 4.79 Å². The number of nitrogens with one attached hydrogen (secondary N) is 1. The number of para-hydroxylation sites is 1. The maximum Gasteiger partial charge on any atom is 0.265 e. The number of amides is 1. The van der Waals surface area contributed by atoms with Crippen LogP contribution in [0, 0.1) is 0 Å². The first-order valence-electron chi connectivity index (χ1n) is 9.59. The number of Topliss-reactive ketones (excluding diaryl/α,β-unsaturated/α-hetero) is 1. The molecule has 1 heterocycles. The van der Waals surface area contributed by atoms with Crippen LogP contribution in [0.2, 0.25) is 0 Å². The minimum atomic E-state index is -0.679. The summed E-state index contributed by atoms with van der Waals surface area (Å²) >= 11 is 0. The number of hydrogen-bond donors (Lipinski definition) is 1. The first-order valence-corrected chi connectivity index (χ1v) is 9.59. The molecule has 0 fully saturated rings. The average molecular weight is 381 g/mol. The summed E-state index contributed by atoms with van der Waals surface area (Å²) in [4.78, 5) is 25.0. The van der Waals surface area contributed by atoms with Gasteiger partial charge in [-0.3, -0.25) is 9.59 Å². The smallest absolute Gasteiger partial charge is 0.265 e. The number of ketones is 1. The predicted molar refractivity (Wildman–Crippen MR) is 109 cm³/mol. The zero-order valence-corrected chi connectivity index (χ0v) is 17.0. The molecule has 0 saturated carbocycles. The summed E-state index contributed by atoms with van der Waals surface area (Å²) in [6.45, 7) is 9.65. The Morgan fingerprint density at radius 2 is 1.86 bits per heavy atom. The number of rotatable bonds is 5. The Bertz CT molecular complexity index is 901. The summed E-state index contributed by atoms with van der Waals surface area (Å²) in [5.74, 6) is 1.29. The van der Waals surface area contributed by atoms with Crippen LogP contribution in [0.25, 0.3) is 0 Å². The molecule has 0 saturated heterocycles. The molecule has 3 rings (SSSR count). The van der Waals surface area contributed by atoms with E-state index in [4.69, 9.17) is 9.47 Å². The standard InChI is InChI=1S/C23H27NO4/c1-14(2)17-8-6-7-9-20(17)27-15(3)22(26)24-16-10-11-21-18(12-16)19(25)13-23(4,5)28-21/h6-12,14-15H,13H2,1-5H3,(H,24,26). The summed E-state index contributed by atoms with van der Waals surface area (Å²) < 4.78 is 11.8. The van der Waals surface area contributed by atoms with Crippen LogP contribution in [0.5, 0.6) is 11.5 Å². The zero-order chi connectivity index (χ0) is 20.5. The Morgan fingerprint density at radius 3 is 2.57 bits per heavy atom. The van der Waals surface area contributed by atoms with Gasteiger partial charge in [-0.2, -0.15) is 0 Å². The Balaban J connectivity index is 1.72. The number of anilines is 1. The van der Waals surface area contributed by atoms with Gasteiger partial charge >= 0.3 is 0 Å². The van der Waals surface area contributed by atoms with E-state index in [1.165, 1.54) is 0 Å². The van der Waals surface area contributed by atoms with Crippen molar-refractivity contribution >= 4 is 17.4 Å². The molecule has 5 heteroatoms. The van der Waals surface area contributed by atoms with Gasteiger partial charge in [-0.15, -0.1) is 0 Å². The van der Waals surface area contributed by atoms with Gasteiger partial charge in [0.2, 0.25) is 0 Å². The van der Waals surface area contributed by atoms with E-state index >= 15 is 0 Å². The van der Waals surface area contributed by atoms with E-state index < -0.39 is 11.7 Å². The van der Waals surface area contributed by atoms with E-state index in [-0.39, 0.29) is 11.7 Å². The van der Waals surface area contributed by atoms with Gasteiger partial charge in [0, 0.05) is 5.69 Å². The first-order chi connectivity index (χ1) is 13.2. The summed E-state index contributed by atoms with van der Waals surface area (Å²) in [7, 11) is 0. The molecule has 2 aromatic carbocycles. The van der Waals surface area contributed by atoms with E-state index in [0.29, 0.717) is 35.1 Å². The molecule has 28 heavy (non-hydrogen) atoms. The van der Waals surface area contributed by atoms with Crippen LogP contribution < -0.4 is 14.8 Å². The fraction of sp³-hybridized carbons (Fsp3) is 0.391. The van der Waals surface area contributed by atoms with Gasteiger partial charge in [-0.05, 0) is 56.5 Å².